The van der Waals surface area contributed by atoms with Crippen molar-refractivity contribution in [3.05, 3.63) is 35.9 Å². The summed E-state index contributed by atoms with van der Waals surface area (Å²) in [6, 6.07) is 6.33. The number of hydrogen-bond acceptors (Lipinski definition) is 12. The zero-order chi connectivity index (χ0) is 25.7. The molecule has 0 radical (unpaired) electrons. The number of benzene rings is 1. The highest BCUT2D eigenvalue weighted by molar-refractivity contribution is 7.86. The molecule has 0 aromatic heterocycles. The molecule has 13 nitrogen and oxygen atoms in total. The highest BCUT2D eigenvalue weighted by Gasteiger charge is 2.45. The quantitative estimate of drug-likeness (QED) is 0.343. The minimum absolute atomic E-state index is 0.176. The van der Waals surface area contributed by atoms with Gasteiger partial charge in [-0.25, -0.2) is 0 Å². The smallest absolute Gasteiger partial charge is 0.264 e. The van der Waals surface area contributed by atoms with E-state index >= 15 is 0 Å². The number of amides is 1. The van der Waals surface area contributed by atoms with Crippen LogP contribution in [0.4, 0.5) is 0 Å². The average molecular weight is 546 g/mol. The number of carbonyl (C=O) groups excluding carboxylic acids is 1. The zero-order valence-electron chi connectivity index (χ0n) is 18.8. The summed E-state index contributed by atoms with van der Waals surface area (Å²) in [6.45, 7) is 0.388. The van der Waals surface area contributed by atoms with Crippen LogP contribution in [0.15, 0.2) is 30.3 Å². The van der Waals surface area contributed by atoms with E-state index in [2.05, 4.69) is 5.32 Å². The third kappa shape index (κ3) is 9.91. The van der Waals surface area contributed by atoms with Crippen molar-refractivity contribution in [2.24, 2.45) is 0 Å². The van der Waals surface area contributed by atoms with Gasteiger partial charge in [0.05, 0.1) is 38.0 Å². The van der Waals surface area contributed by atoms with E-state index < -0.39 is 73.5 Å². The van der Waals surface area contributed by atoms with E-state index in [0.717, 1.165) is 18.8 Å². The van der Waals surface area contributed by atoms with E-state index in [-0.39, 0.29) is 12.2 Å². The lowest BCUT2D eigenvalue weighted by molar-refractivity contribution is -0.257. The summed E-state index contributed by atoms with van der Waals surface area (Å²) < 4.78 is 96.8. The summed E-state index contributed by atoms with van der Waals surface area (Å²) in [5.74, 6) is -0.703. The van der Waals surface area contributed by atoms with Crippen molar-refractivity contribution in [3.63, 3.8) is 0 Å². The molecule has 2 rings (SSSR count). The van der Waals surface area contributed by atoms with Crippen LogP contribution in [0.1, 0.15) is 17.3 Å². The second-order valence-electron chi connectivity index (χ2n) is 7.54. The molecule has 1 heterocycles. The maximum absolute atomic E-state index is 12.8. The second kappa shape index (κ2) is 11.4. The lowest BCUT2D eigenvalue weighted by Gasteiger charge is -2.40. The molecular weight excluding hydrogens is 518 g/mol. The topological polar surface area (TPSA) is 178 Å². The molecule has 0 saturated carbocycles. The molecule has 5 atom stereocenters. The molecule has 1 saturated heterocycles. The summed E-state index contributed by atoms with van der Waals surface area (Å²) in [6.07, 6.45) is -3.15. The van der Waals surface area contributed by atoms with E-state index in [1.807, 2.05) is 0 Å². The van der Waals surface area contributed by atoms with Crippen molar-refractivity contribution in [2.45, 2.75) is 37.6 Å². The van der Waals surface area contributed by atoms with Crippen molar-refractivity contribution < 1.29 is 52.1 Å². The van der Waals surface area contributed by atoms with E-state index in [1.165, 1.54) is 19.1 Å². The summed E-state index contributed by atoms with van der Waals surface area (Å²) in [5, 5.41) is 2.48. The van der Waals surface area contributed by atoms with Crippen molar-refractivity contribution in [1.82, 2.24) is 5.32 Å². The third-order valence-electron chi connectivity index (χ3n) is 4.33. The Kier molecular flexibility index (Phi) is 9.57. The van der Waals surface area contributed by atoms with Crippen LogP contribution in [0.3, 0.4) is 0 Å². The average Bonchev–Trinajstić information content (AvgIpc) is 2.69. The Hall–Kier alpha value is -1.66. The molecule has 1 aliphatic heterocycles. The van der Waals surface area contributed by atoms with Crippen LogP contribution < -0.4 is 5.32 Å². The van der Waals surface area contributed by atoms with Gasteiger partial charge in [0, 0.05) is 5.56 Å². The molecule has 0 aliphatic carbocycles. The molecule has 0 spiro atoms. The molecule has 0 bridgehead atoms. The third-order valence-corrected chi connectivity index (χ3v) is 6.06. The first kappa shape index (κ1) is 28.6. The van der Waals surface area contributed by atoms with Crippen molar-refractivity contribution >= 4 is 36.3 Å². The molecular formula is C18H27NO12S3. The zero-order valence-corrected chi connectivity index (χ0v) is 21.3. The van der Waals surface area contributed by atoms with Crippen LogP contribution in [0.25, 0.3) is 0 Å². The summed E-state index contributed by atoms with van der Waals surface area (Å²) in [4.78, 5) is 12.8. The molecule has 16 heteroatoms. The molecule has 194 valence electrons. The Bertz CT molecular complexity index is 1150. The summed E-state index contributed by atoms with van der Waals surface area (Å²) in [7, 11) is -12.3. The van der Waals surface area contributed by atoms with Crippen LogP contribution in [0, 0.1) is 0 Å². The molecule has 34 heavy (non-hydrogen) atoms. The van der Waals surface area contributed by atoms with Gasteiger partial charge in [-0.05, 0) is 19.1 Å². The molecule has 1 aliphatic rings. The Morgan fingerprint density at radius 3 is 2.18 bits per heavy atom. The van der Waals surface area contributed by atoms with Gasteiger partial charge in [0.1, 0.15) is 18.3 Å². The van der Waals surface area contributed by atoms with Crippen molar-refractivity contribution in [2.75, 3.05) is 32.0 Å². The second-order valence-corrected chi connectivity index (χ2v) is 12.4. The Labute approximate surface area is 199 Å². The Morgan fingerprint density at radius 2 is 1.65 bits per heavy atom. The lowest BCUT2D eigenvalue weighted by atomic mass is 10.00. The molecule has 1 aromatic carbocycles. The highest BCUT2D eigenvalue weighted by Crippen LogP contribution is 2.25. The van der Waals surface area contributed by atoms with E-state index in [0.29, 0.717) is 0 Å². The number of rotatable bonds is 11. The van der Waals surface area contributed by atoms with Crippen LogP contribution in [0.5, 0.6) is 0 Å². The minimum atomic E-state index is -4.24. The number of carbonyl (C=O) groups is 1. The predicted molar refractivity (Wildman–Crippen MR) is 118 cm³/mol. The van der Waals surface area contributed by atoms with Crippen LogP contribution in [-0.4, -0.2) is 93.8 Å². The fourth-order valence-corrected chi connectivity index (χ4v) is 4.73. The lowest BCUT2D eigenvalue weighted by Crippen LogP contribution is -2.60. The molecule has 1 aromatic rings. The van der Waals surface area contributed by atoms with Crippen LogP contribution in [0.2, 0.25) is 0 Å². The van der Waals surface area contributed by atoms with Gasteiger partial charge in [0.25, 0.3) is 36.3 Å². The predicted octanol–water partition coefficient (Wildman–Crippen LogP) is -0.788. The summed E-state index contributed by atoms with van der Waals surface area (Å²) in [5.41, 5.74) is 0.176. The first-order valence-corrected chi connectivity index (χ1v) is 15.2. The van der Waals surface area contributed by atoms with Gasteiger partial charge < -0.3 is 14.8 Å². The van der Waals surface area contributed by atoms with Crippen molar-refractivity contribution in [3.8, 4) is 0 Å². The normalized spacial score (nSPS) is 23.7. The fourth-order valence-electron chi connectivity index (χ4n) is 3.08. The van der Waals surface area contributed by atoms with Gasteiger partial charge in [-0.1, -0.05) is 18.2 Å². The van der Waals surface area contributed by atoms with Crippen molar-refractivity contribution in [1.29, 1.82) is 0 Å². The monoisotopic (exact) mass is 545 g/mol. The Morgan fingerprint density at radius 1 is 1.03 bits per heavy atom. The van der Waals surface area contributed by atoms with E-state index in [9.17, 15) is 30.0 Å². The SMILES string of the molecule is C[C@@H]1OC[C@@H](OS(C)(=O)=O)[C@H]([C@H](OS(C)(=O)=O)[C@H](COS(C)(=O)=O)NC(=O)c2ccccc2)O1. The fraction of sp³-hybridized carbons (Fsp3) is 0.611. The van der Waals surface area contributed by atoms with Crippen LogP contribution in [-0.2, 0) is 52.4 Å². The van der Waals surface area contributed by atoms with Crippen LogP contribution >= 0.6 is 0 Å². The maximum atomic E-state index is 12.8. The highest BCUT2D eigenvalue weighted by atomic mass is 32.2. The van der Waals surface area contributed by atoms with Gasteiger partial charge in [-0.2, -0.15) is 25.3 Å². The minimum Gasteiger partial charge on any atom is -0.350 e. The number of ether oxygens (including phenoxy) is 2. The molecule has 1 N–H and O–H groups in total. The van der Waals surface area contributed by atoms with Gasteiger partial charge >= 0.3 is 0 Å². The van der Waals surface area contributed by atoms with Gasteiger partial charge in [0.15, 0.2) is 6.29 Å². The van der Waals surface area contributed by atoms with E-state index in [4.69, 9.17) is 22.0 Å². The Balaban J connectivity index is 2.49. The number of hydrogen-bond donors (Lipinski definition) is 1. The number of nitrogens with one attached hydrogen (secondary N) is 1. The van der Waals surface area contributed by atoms with Gasteiger partial charge in [0.2, 0.25) is 0 Å². The maximum Gasteiger partial charge on any atom is 0.264 e. The van der Waals surface area contributed by atoms with Gasteiger partial charge in [-0.3, -0.25) is 17.3 Å². The largest absolute Gasteiger partial charge is 0.350 e. The molecule has 1 fully saturated rings. The first-order valence-electron chi connectivity index (χ1n) is 9.78. The first-order chi connectivity index (χ1) is 15.5. The van der Waals surface area contributed by atoms with Gasteiger partial charge in [-0.15, -0.1) is 0 Å². The summed E-state index contributed by atoms with van der Waals surface area (Å²) >= 11 is 0. The molecule has 1 amide bonds. The van der Waals surface area contributed by atoms with E-state index in [1.54, 1.807) is 18.2 Å². The molecule has 0 unspecified atom stereocenters. The standard InChI is InChI=1S/C18H27NO12S3/c1-12-27-11-15(30-33(3,23)24)17(29-12)16(31-34(4,25)26)14(10-28-32(2,21)22)19-18(20)13-8-6-5-7-9-13/h5-9,12,14-17H,10-11H2,1-4H3,(H,19,20)/t12-,14+,15-,16-,17-/m1/s1.